The highest BCUT2D eigenvalue weighted by molar-refractivity contribution is 5.87. The first-order valence-corrected chi connectivity index (χ1v) is 2.92. The van der Waals surface area contributed by atoms with E-state index in [9.17, 15) is 4.79 Å². The summed E-state index contributed by atoms with van der Waals surface area (Å²) in [6.07, 6.45) is 2.55. The van der Waals surface area contributed by atoms with Gasteiger partial charge in [-0.1, -0.05) is 6.58 Å². The normalized spacial score (nSPS) is 16.5. The number of allylic oxidation sites excluding steroid dienone is 2. The second kappa shape index (κ2) is 2.49. The fourth-order valence-electron chi connectivity index (χ4n) is 0.656. The third-order valence-electron chi connectivity index (χ3n) is 1.23. The van der Waals surface area contributed by atoms with Gasteiger partial charge >= 0.3 is 5.97 Å². The monoisotopic (exact) mass is 153 g/mol. The molecule has 0 radical (unpaired) electrons. The van der Waals surface area contributed by atoms with Crippen molar-refractivity contribution in [3.05, 3.63) is 35.9 Å². The summed E-state index contributed by atoms with van der Waals surface area (Å²) in [5, 5.41) is 19.8. The smallest absolute Gasteiger partial charge is 0.352 e. The SMILES string of the molecule is C=C1NC(C(=O)O)=CC=C1O. The second-order valence-electron chi connectivity index (χ2n) is 2.04. The van der Waals surface area contributed by atoms with Gasteiger partial charge in [0.2, 0.25) is 0 Å². The molecule has 1 aliphatic heterocycles. The van der Waals surface area contributed by atoms with E-state index in [1.165, 1.54) is 12.2 Å². The number of dihydropyridines is 1. The van der Waals surface area contributed by atoms with Crippen molar-refractivity contribution < 1.29 is 15.0 Å². The number of carbonyl (C=O) groups is 1. The van der Waals surface area contributed by atoms with Gasteiger partial charge in [-0.05, 0) is 12.2 Å². The molecule has 11 heavy (non-hydrogen) atoms. The van der Waals surface area contributed by atoms with Crippen molar-refractivity contribution in [2.75, 3.05) is 0 Å². The minimum absolute atomic E-state index is 0.00722. The Bertz CT molecular complexity index is 275. The molecule has 0 bridgehead atoms. The van der Waals surface area contributed by atoms with Gasteiger partial charge in [-0.3, -0.25) is 0 Å². The van der Waals surface area contributed by atoms with E-state index in [0.29, 0.717) is 0 Å². The van der Waals surface area contributed by atoms with Gasteiger partial charge < -0.3 is 15.5 Å². The quantitative estimate of drug-likeness (QED) is 0.513. The molecule has 0 atom stereocenters. The zero-order valence-corrected chi connectivity index (χ0v) is 5.66. The molecular formula is C7H7NO3. The predicted octanol–water partition coefficient (Wildman–Crippen LogP) is 0.514. The van der Waals surface area contributed by atoms with Gasteiger partial charge in [-0.15, -0.1) is 0 Å². The summed E-state index contributed by atoms with van der Waals surface area (Å²) in [5.74, 6) is -1.12. The van der Waals surface area contributed by atoms with Crippen molar-refractivity contribution >= 4 is 5.97 Å². The lowest BCUT2D eigenvalue weighted by atomic mass is 10.2. The molecule has 1 heterocycles. The zero-order chi connectivity index (χ0) is 8.43. The fourth-order valence-corrected chi connectivity index (χ4v) is 0.656. The Morgan fingerprint density at radius 3 is 2.64 bits per heavy atom. The molecule has 0 amide bonds. The van der Waals surface area contributed by atoms with Crippen LogP contribution in [0.3, 0.4) is 0 Å². The first kappa shape index (κ1) is 7.40. The summed E-state index contributed by atoms with van der Waals surface area (Å²) in [4.78, 5) is 10.3. The van der Waals surface area contributed by atoms with Gasteiger partial charge in [0.05, 0.1) is 5.70 Å². The molecule has 0 unspecified atom stereocenters. The van der Waals surface area contributed by atoms with E-state index in [-0.39, 0.29) is 17.2 Å². The molecule has 58 valence electrons. The van der Waals surface area contributed by atoms with E-state index < -0.39 is 5.97 Å². The van der Waals surface area contributed by atoms with Gasteiger partial charge in [0.25, 0.3) is 0 Å². The van der Waals surface area contributed by atoms with E-state index >= 15 is 0 Å². The predicted molar refractivity (Wildman–Crippen MR) is 38.7 cm³/mol. The summed E-state index contributed by atoms with van der Waals surface area (Å²) in [6, 6.07) is 0. The van der Waals surface area contributed by atoms with Crippen molar-refractivity contribution in [2.45, 2.75) is 0 Å². The lowest BCUT2D eigenvalue weighted by Gasteiger charge is -2.12. The number of rotatable bonds is 1. The third kappa shape index (κ3) is 1.40. The topological polar surface area (TPSA) is 69.6 Å². The molecule has 0 fully saturated rings. The van der Waals surface area contributed by atoms with Crippen LogP contribution < -0.4 is 5.32 Å². The highest BCUT2D eigenvalue weighted by Crippen LogP contribution is 2.09. The van der Waals surface area contributed by atoms with E-state index in [2.05, 4.69) is 11.9 Å². The molecule has 1 aliphatic rings. The molecule has 4 heteroatoms. The van der Waals surface area contributed by atoms with E-state index in [1.807, 2.05) is 0 Å². The molecule has 0 saturated carbocycles. The molecule has 0 aromatic heterocycles. The van der Waals surface area contributed by atoms with Crippen LogP contribution in [0.5, 0.6) is 0 Å². The average molecular weight is 153 g/mol. The Morgan fingerprint density at radius 1 is 1.55 bits per heavy atom. The Balaban J connectivity index is 2.90. The van der Waals surface area contributed by atoms with E-state index in [0.717, 1.165) is 0 Å². The van der Waals surface area contributed by atoms with Gasteiger partial charge in [-0.25, -0.2) is 4.79 Å². The highest BCUT2D eigenvalue weighted by atomic mass is 16.4. The van der Waals surface area contributed by atoms with Crippen LogP contribution in [-0.4, -0.2) is 16.2 Å². The van der Waals surface area contributed by atoms with Crippen molar-refractivity contribution in [1.29, 1.82) is 0 Å². The second-order valence-corrected chi connectivity index (χ2v) is 2.04. The van der Waals surface area contributed by atoms with Crippen LogP contribution in [0.4, 0.5) is 0 Å². The summed E-state index contributed by atoms with van der Waals surface area (Å²) >= 11 is 0. The van der Waals surface area contributed by atoms with Crippen LogP contribution in [-0.2, 0) is 4.79 Å². The summed E-state index contributed by atoms with van der Waals surface area (Å²) in [6.45, 7) is 3.39. The van der Waals surface area contributed by atoms with Crippen LogP contribution in [0.15, 0.2) is 35.9 Å². The molecule has 0 spiro atoms. The van der Waals surface area contributed by atoms with Crippen molar-refractivity contribution in [1.82, 2.24) is 5.32 Å². The number of hydrogen-bond acceptors (Lipinski definition) is 3. The van der Waals surface area contributed by atoms with Gasteiger partial charge in [0.15, 0.2) is 0 Å². The number of carboxylic acids is 1. The van der Waals surface area contributed by atoms with E-state index in [1.54, 1.807) is 0 Å². The molecule has 3 N–H and O–H groups in total. The first-order chi connectivity index (χ1) is 5.11. The fraction of sp³-hybridized carbons (Fsp3) is 0. The maximum Gasteiger partial charge on any atom is 0.352 e. The average Bonchev–Trinajstić information content (AvgIpc) is 1.94. The maximum atomic E-state index is 10.3. The van der Waals surface area contributed by atoms with Crippen molar-refractivity contribution in [2.24, 2.45) is 0 Å². The highest BCUT2D eigenvalue weighted by Gasteiger charge is 2.12. The van der Waals surface area contributed by atoms with Crippen LogP contribution in [0.1, 0.15) is 0 Å². The molecule has 0 aromatic carbocycles. The van der Waals surface area contributed by atoms with Crippen LogP contribution >= 0.6 is 0 Å². The lowest BCUT2D eigenvalue weighted by Crippen LogP contribution is -2.22. The van der Waals surface area contributed by atoms with E-state index in [4.69, 9.17) is 10.2 Å². The van der Waals surface area contributed by atoms with Crippen LogP contribution in [0, 0.1) is 0 Å². The summed E-state index contributed by atoms with van der Waals surface area (Å²) < 4.78 is 0. The number of carboxylic acid groups (broad SMARTS) is 1. The third-order valence-corrected chi connectivity index (χ3v) is 1.23. The standard InChI is InChI=1S/C7H7NO3/c1-4-6(9)3-2-5(8-4)7(10)11/h2-3,8-9H,1H2,(H,10,11). The van der Waals surface area contributed by atoms with Gasteiger partial charge in [0, 0.05) is 0 Å². The van der Waals surface area contributed by atoms with Crippen molar-refractivity contribution in [3.63, 3.8) is 0 Å². The summed E-state index contributed by atoms with van der Waals surface area (Å²) in [7, 11) is 0. The number of aliphatic hydroxyl groups is 1. The number of aliphatic hydroxyl groups excluding tert-OH is 1. The largest absolute Gasteiger partial charge is 0.506 e. The Kier molecular flexibility index (Phi) is 1.68. The van der Waals surface area contributed by atoms with Gasteiger partial charge in [0.1, 0.15) is 11.5 Å². The number of hydrogen-bond donors (Lipinski definition) is 3. The minimum atomic E-state index is -1.07. The zero-order valence-electron chi connectivity index (χ0n) is 5.66. The maximum absolute atomic E-state index is 10.3. The Morgan fingerprint density at radius 2 is 2.18 bits per heavy atom. The first-order valence-electron chi connectivity index (χ1n) is 2.92. The lowest BCUT2D eigenvalue weighted by molar-refractivity contribution is -0.133. The molecule has 0 aromatic rings. The van der Waals surface area contributed by atoms with Gasteiger partial charge in [-0.2, -0.15) is 0 Å². The molecule has 0 aliphatic carbocycles. The molecular weight excluding hydrogens is 146 g/mol. The Hall–Kier alpha value is -1.71. The van der Waals surface area contributed by atoms with Crippen LogP contribution in [0.2, 0.25) is 0 Å². The molecule has 1 rings (SSSR count). The van der Waals surface area contributed by atoms with Crippen molar-refractivity contribution in [3.8, 4) is 0 Å². The minimum Gasteiger partial charge on any atom is -0.506 e. The Labute approximate surface area is 63.2 Å². The number of nitrogens with one attached hydrogen (secondary N) is 1. The van der Waals surface area contributed by atoms with Crippen LogP contribution in [0.25, 0.3) is 0 Å². The molecule has 4 nitrogen and oxygen atoms in total. The summed E-state index contributed by atoms with van der Waals surface area (Å²) in [5.41, 5.74) is 0.206. The molecule has 0 saturated heterocycles. The number of aliphatic carboxylic acids is 1.